The largest absolute Gasteiger partial charge is 0.497 e. The van der Waals surface area contributed by atoms with Gasteiger partial charge < -0.3 is 23.7 Å². The van der Waals surface area contributed by atoms with Crippen molar-refractivity contribution < 1.29 is 18.7 Å². The van der Waals surface area contributed by atoms with Crippen molar-refractivity contribution in [3.8, 4) is 22.6 Å². The van der Waals surface area contributed by atoms with Gasteiger partial charge in [0.05, 0.1) is 20.5 Å². The fourth-order valence-electron chi connectivity index (χ4n) is 4.27. The number of ether oxygens (including phenoxy) is 2. The highest BCUT2D eigenvalue weighted by Gasteiger charge is 2.21. The Hall–Kier alpha value is -3.25. The van der Waals surface area contributed by atoms with Gasteiger partial charge in [-0.3, -0.25) is 4.79 Å². The maximum Gasteiger partial charge on any atom is 0.246 e. The molecule has 0 unspecified atom stereocenters. The number of fused-ring (bicyclic) bond motifs is 1. The molecule has 1 aliphatic heterocycles. The fourth-order valence-corrected chi connectivity index (χ4v) is 4.27. The van der Waals surface area contributed by atoms with Crippen LogP contribution < -0.4 is 9.47 Å². The summed E-state index contributed by atoms with van der Waals surface area (Å²) >= 11 is 0. The molecule has 1 amide bonds. The Labute approximate surface area is 189 Å². The molecule has 6 nitrogen and oxygen atoms in total. The zero-order chi connectivity index (χ0) is 22.8. The van der Waals surface area contributed by atoms with Crippen LogP contribution in [0.25, 0.3) is 27.7 Å². The Balaban J connectivity index is 1.77. The van der Waals surface area contributed by atoms with Gasteiger partial charge in [-0.05, 0) is 50.2 Å². The van der Waals surface area contributed by atoms with Crippen molar-refractivity contribution >= 4 is 22.4 Å². The molecule has 1 aliphatic rings. The molecule has 3 aromatic rings. The molecule has 168 valence electrons. The number of piperazine rings is 1. The van der Waals surface area contributed by atoms with E-state index in [1.165, 1.54) is 0 Å². The van der Waals surface area contributed by atoms with Gasteiger partial charge in [0.1, 0.15) is 17.1 Å². The molecule has 1 aromatic heterocycles. The molecule has 4 rings (SSSR count). The van der Waals surface area contributed by atoms with Crippen LogP contribution in [0.2, 0.25) is 0 Å². The van der Waals surface area contributed by atoms with Gasteiger partial charge in [0.2, 0.25) is 5.91 Å². The summed E-state index contributed by atoms with van der Waals surface area (Å²) in [5.74, 6) is 1.55. The summed E-state index contributed by atoms with van der Waals surface area (Å²) in [6.45, 7) is 7.23. The SMILES string of the molecule is COc1cccc(-c2coc3c(C)c(OC)c(/C(C)=C/C(=O)N4CCN(C)CC4)cc23)c1. The number of hydrogen-bond acceptors (Lipinski definition) is 5. The first-order valence-corrected chi connectivity index (χ1v) is 10.8. The van der Waals surface area contributed by atoms with E-state index >= 15 is 0 Å². The molecule has 0 radical (unpaired) electrons. The van der Waals surface area contributed by atoms with Gasteiger partial charge in [-0.2, -0.15) is 0 Å². The van der Waals surface area contributed by atoms with Gasteiger partial charge in [-0.1, -0.05) is 12.1 Å². The minimum absolute atomic E-state index is 0.0376. The number of hydrogen-bond donors (Lipinski definition) is 0. The van der Waals surface area contributed by atoms with Crippen molar-refractivity contribution in [1.82, 2.24) is 9.80 Å². The number of carbonyl (C=O) groups excluding carboxylic acids is 1. The number of amides is 1. The normalized spacial score (nSPS) is 15.3. The molecular weight excluding hydrogens is 404 g/mol. The number of methoxy groups -OCH3 is 2. The Morgan fingerprint density at radius 3 is 2.53 bits per heavy atom. The number of nitrogens with zero attached hydrogens (tertiary/aromatic N) is 2. The number of carbonyl (C=O) groups is 1. The monoisotopic (exact) mass is 434 g/mol. The fraction of sp³-hybridized carbons (Fsp3) is 0.346. The van der Waals surface area contributed by atoms with Crippen LogP contribution in [0.5, 0.6) is 11.5 Å². The highest BCUT2D eigenvalue weighted by Crippen LogP contribution is 2.41. The van der Waals surface area contributed by atoms with E-state index < -0.39 is 0 Å². The molecule has 0 bridgehead atoms. The van der Waals surface area contributed by atoms with Crippen LogP contribution in [0.15, 0.2) is 47.1 Å². The lowest BCUT2D eigenvalue weighted by Crippen LogP contribution is -2.46. The molecule has 6 heteroatoms. The Kier molecular flexibility index (Phi) is 6.24. The Morgan fingerprint density at radius 2 is 1.84 bits per heavy atom. The number of allylic oxidation sites excluding steroid dienone is 1. The summed E-state index contributed by atoms with van der Waals surface area (Å²) in [6, 6.07) is 9.96. The first-order valence-electron chi connectivity index (χ1n) is 10.8. The zero-order valence-corrected chi connectivity index (χ0v) is 19.4. The summed E-state index contributed by atoms with van der Waals surface area (Å²) in [5, 5.41) is 0.978. The number of furan rings is 1. The van der Waals surface area contributed by atoms with Crippen LogP contribution in [0.3, 0.4) is 0 Å². The van der Waals surface area contributed by atoms with Crippen LogP contribution in [-0.2, 0) is 4.79 Å². The minimum atomic E-state index is 0.0376. The molecule has 0 N–H and O–H groups in total. The van der Waals surface area contributed by atoms with Gasteiger partial charge >= 0.3 is 0 Å². The van der Waals surface area contributed by atoms with Gasteiger partial charge in [0.15, 0.2) is 0 Å². The highest BCUT2D eigenvalue weighted by molar-refractivity contribution is 6.01. The van der Waals surface area contributed by atoms with E-state index in [4.69, 9.17) is 13.9 Å². The number of aryl methyl sites for hydroxylation is 1. The van der Waals surface area contributed by atoms with Crippen molar-refractivity contribution in [3.05, 3.63) is 53.8 Å². The van der Waals surface area contributed by atoms with E-state index in [1.807, 2.05) is 43.0 Å². The predicted molar refractivity (Wildman–Crippen MR) is 127 cm³/mol. The van der Waals surface area contributed by atoms with E-state index in [1.54, 1.807) is 26.6 Å². The standard InChI is InChI=1S/C26H30N2O4/c1-17(13-24(29)28-11-9-27(3)10-12-28)21-15-22-23(19-7-6-8-20(14-19)30-4)16-32-26(22)18(2)25(21)31-5/h6-8,13-16H,9-12H2,1-5H3/b17-13+. The van der Waals surface area contributed by atoms with Crippen molar-refractivity contribution in [2.24, 2.45) is 0 Å². The van der Waals surface area contributed by atoms with Crippen LogP contribution in [0.1, 0.15) is 18.1 Å². The van der Waals surface area contributed by atoms with Gasteiger partial charge in [0, 0.05) is 54.3 Å². The Morgan fingerprint density at radius 1 is 1.09 bits per heavy atom. The molecule has 1 saturated heterocycles. The molecule has 0 atom stereocenters. The lowest BCUT2D eigenvalue weighted by atomic mass is 9.96. The van der Waals surface area contributed by atoms with E-state index in [-0.39, 0.29) is 5.91 Å². The minimum Gasteiger partial charge on any atom is -0.497 e. The van der Waals surface area contributed by atoms with E-state index in [0.717, 1.165) is 76.5 Å². The third-order valence-corrected chi connectivity index (χ3v) is 6.21. The van der Waals surface area contributed by atoms with Gasteiger partial charge in [0.25, 0.3) is 0 Å². The lowest BCUT2D eigenvalue weighted by Gasteiger charge is -2.31. The van der Waals surface area contributed by atoms with Crippen LogP contribution >= 0.6 is 0 Å². The summed E-state index contributed by atoms with van der Waals surface area (Å²) < 4.78 is 17.1. The summed E-state index contributed by atoms with van der Waals surface area (Å²) in [4.78, 5) is 17.0. The van der Waals surface area contributed by atoms with Crippen molar-refractivity contribution in [2.45, 2.75) is 13.8 Å². The molecule has 0 saturated carbocycles. The van der Waals surface area contributed by atoms with Crippen molar-refractivity contribution in [3.63, 3.8) is 0 Å². The van der Waals surface area contributed by atoms with Gasteiger partial charge in [-0.15, -0.1) is 0 Å². The van der Waals surface area contributed by atoms with Crippen LogP contribution in [-0.4, -0.2) is 63.2 Å². The maximum absolute atomic E-state index is 12.9. The number of rotatable bonds is 5. The van der Waals surface area contributed by atoms with Crippen LogP contribution in [0.4, 0.5) is 0 Å². The summed E-state index contributed by atoms with van der Waals surface area (Å²) in [6.07, 6.45) is 3.49. The molecule has 2 aromatic carbocycles. The Bertz CT molecular complexity index is 1170. The predicted octanol–water partition coefficient (Wildman–Crippen LogP) is 4.60. The average molecular weight is 435 g/mol. The molecule has 0 spiro atoms. The quantitative estimate of drug-likeness (QED) is 0.549. The van der Waals surface area contributed by atoms with Crippen molar-refractivity contribution in [1.29, 1.82) is 0 Å². The third kappa shape index (κ3) is 4.10. The molecule has 32 heavy (non-hydrogen) atoms. The molecule has 0 aliphatic carbocycles. The zero-order valence-electron chi connectivity index (χ0n) is 19.4. The summed E-state index contributed by atoms with van der Waals surface area (Å²) in [7, 11) is 5.39. The number of benzene rings is 2. The number of likely N-dealkylation sites (N-methyl/N-ethyl adjacent to an activating group) is 1. The van der Waals surface area contributed by atoms with E-state index in [9.17, 15) is 4.79 Å². The van der Waals surface area contributed by atoms with E-state index in [2.05, 4.69) is 18.0 Å². The summed E-state index contributed by atoms with van der Waals surface area (Å²) in [5.41, 5.74) is 5.44. The van der Waals surface area contributed by atoms with Crippen LogP contribution in [0, 0.1) is 6.92 Å². The first kappa shape index (κ1) is 22.0. The van der Waals surface area contributed by atoms with E-state index in [0.29, 0.717) is 0 Å². The smallest absolute Gasteiger partial charge is 0.246 e. The third-order valence-electron chi connectivity index (χ3n) is 6.21. The van der Waals surface area contributed by atoms with Gasteiger partial charge in [-0.25, -0.2) is 0 Å². The van der Waals surface area contributed by atoms with Crippen molar-refractivity contribution in [2.75, 3.05) is 47.4 Å². The lowest BCUT2D eigenvalue weighted by molar-refractivity contribution is -0.127. The molecule has 1 fully saturated rings. The second-order valence-electron chi connectivity index (χ2n) is 8.30. The maximum atomic E-state index is 12.9. The average Bonchev–Trinajstić information content (AvgIpc) is 3.23. The second kappa shape index (κ2) is 9.09. The second-order valence-corrected chi connectivity index (χ2v) is 8.30. The molecular formula is C26H30N2O4. The molecule has 2 heterocycles. The highest BCUT2D eigenvalue weighted by atomic mass is 16.5. The topological polar surface area (TPSA) is 55.2 Å². The first-order chi connectivity index (χ1) is 15.4.